The molecule has 0 bridgehead atoms. The van der Waals surface area contributed by atoms with Gasteiger partial charge in [-0.3, -0.25) is 0 Å². The minimum absolute atomic E-state index is 0.896. The van der Waals surface area contributed by atoms with Crippen molar-refractivity contribution < 1.29 is 4.74 Å². The highest BCUT2D eigenvalue weighted by Crippen LogP contribution is 2.27. The second kappa shape index (κ2) is 4.22. The van der Waals surface area contributed by atoms with Crippen LogP contribution in [0.15, 0.2) is 54.6 Å². The van der Waals surface area contributed by atoms with Gasteiger partial charge in [-0.05, 0) is 43.3 Å². The summed E-state index contributed by atoms with van der Waals surface area (Å²) in [5.41, 5.74) is 3.62. The molecule has 0 saturated heterocycles. The van der Waals surface area contributed by atoms with Crippen LogP contribution in [0.5, 0.6) is 5.75 Å². The van der Waals surface area contributed by atoms with Crippen LogP contribution >= 0.6 is 0 Å². The Morgan fingerprint density at radius 2 is 1.72 bits per heavy atom. The highest BCUT2D eigenvalue weighted by Gasteiger charge is 2.07. The maximum Gasteiger partial charge on any atom is 0.119 e. The van der Waals surface area contributed by atoms with E-state index in [2.05, 4.69) is 54.0 Å². The molecule has 2 aromatic carbocycles. The number of aryl methyl sites for hydroxylation is 1. The number of benzene rings is 2. The molecule has 2 heteroatoms. The summed E-state index contributed by atoms with van der Waals surface area (Å²) in [5.74, 6) is 0.896. The molecule has 0 atom stereocenters. The third-order valence-electron chi connectivity index (χ3n) is 3.21. The normalized spacial score (nSPS) is 10.8. The van der Waals surface area contributed by atoms with Crippen LogP contribution < -0.4 is 4.74 Å². The van der Waals surface area contributed by atoms with E-state index in [4.69, 9.17) is 4.74 Å². The van der Waals surface area contributed by atoms with E-state index in [-0.39, 0.29) is 0 Å². The van der Waals surface area contributed by atoms with Gasteiger partial charge < -0.3 is 9.30 Å². The molecule has 3 rings (SSSR count). The van der Waals surface area contributed by atoms with Crippen molar-refractivity contribution >= 4 is 10.9 Å². The van der Waals surface area contributed by atoms with Gasteiger partial charge in [0.25, 0.3) is 0 Å². The first-order chi connectivity index (χ1) is 8.79. The zero-order valence-corrected chi connectivity index (χ0v) is 10.6. The van der Waals surface area contributed by atoms with Crippen molar-refractivity contribution in [3.63, 3.8) is 0 Å². The Hall–Kier alpha value is -2.22. The molecule has 0 aliphatic heterocycles. The zero-order chi connectivity index (χ0) is 12.5. The SMILES string of the molecule is COc1ccc2c(c1)cc(C)n2-c1ccccc1. The second-order valence-corrected chi connectivity index (χ2v) is 4.38. The highest BCUT2D eigenvalue weighted by atomic mass is 16.5. The summed E-state index contributed by atoms with van der Waals surface area (Å²) in [6, 6.07) is 18.8. The third-order valence-corrected chi connectivity index (χ3v) is 3.21. The van der Waals surface area contributed by atoms with E-state index in [1.165, 1.54) is 22.3 Å². The fourth-order valence-corrected chi connectivity index (χ4v) is 2.38. The molecule has 0 unspecified atom stereocenters. The molecule has 18 heavy (non-hydrogen) atoms. The molecular weight excluding hydrogens is 222 g/mol. The summed E-state index contributed by atoms with van der Waals surface area (Å²) >= 11 is 0. The van der Waals surface area contributed by atoms with Crippen molar-refractivity contribution in [1.82, 2.24) is 4.57 Å². The van der Waals surface area contributed by atoms with E-state index < -0.39 is 0 Å². The van der Waals surface area contributed by atoms with Crippen LogP contribution in [-0.2, 0) is 0 Å². The summed E-state index contributed by atoms with van der Waals surface area (Å²) in [6.45, 7) is 2.12. The van der Waals surface area contributed by atoms with Crippen molar-refractivity contribution in [2.45, 2.75) is 6.92 Å². The Labute approximate surface area is 106 Å². The molecule has 0 fully saturated rings. The standard InChI is InChI=1S/C16H15NO/c1-12-10-13-11-15(18-2)8-9-16(13)17(12)14-6-4-3-5-7-14/h3-11H,1-2H3. The quantitative estimate of drug-likeness (QED) is 0.658. The van der Waals surface area contributed by atoms with Gasteiger partial charge in [0.1, 0.15) is 5.75 Å². The monoisotopic (exact) mass is 237 g/mol. The average molecular weight is 237 g/mol. The van der Waals surface area contributed by atoms with Gasteiger partial charge in [0.15, 0.2) is 0 Å². The largest absolute Gasteiger partial charge is 0.497 e. The molecule has 1 heterocycles. The first-order valence-corrected chi connectivity index (χ1v) is 6.01. The molecule has 3 aromatic rings. The molecule has 0 N–H and O–H groups in total. The van der Waals surface area contributed by atoms with E-state index in [9.17, 15) is 0 Å². The van der Waals surface area contributed by atoms with Gasteiger partial charge in [-0.1, -0.05) is 18.2 Å². The van der Waals surface area contributed by atoms with Gasteiger partial charge in [0.05, 0.1) is 12.6 Å². The van der Waals surface area contributed by atoms with Crippen LogP contribution in [0.25, 0.3) is 16.6 Å². The lowest BCUT2D eigenvalue weighted by Crippen LogP contribution is -1.95. The Morgan fingerprint density at radius 3 is 2.44 bits per heavy atom. The highest BCUT2D eigenvalue weighted by molar-refractivity contribution is 5.84. The summed E-state index contributed by atoms with van der Waals surface area (Å²) < 4.78 is 7.53. The fraction of sp³-hybridized carbons (Fsp3) is 0.125. The van der Waals surface area contributed by atoms with E-state index in [1.807, 2.05) is 12.1 Å². The number of rotatable bonds is 2. The van der Waals surface area contributed by atoms with Crippen LogP contribution in [0.3, 0.4) is 0 Å². The number of methoxy groups -OCH3 is 1. The molecule has 90 valence electrons. The van der Waals surface area contributed by atoms with E-state index >= 15 is 0 Å². The van der Waals surface area contributed by atoms with Crippen molar-refractivity contribution in [1.29, 1.82) is 0 Å². The lowest BCUT2D eigenvalue weighted by Gasteiger charge is -2.08. The minimum Gasteiger partial charge on any atom is -0.497 e. The Kier molecular flexibility index (Phi) is 2.56. The summed E-state index contributed by atoms with van der Waals surface area (Å²) in [6.07, 6.45) is 0. The number of para-hydroxylation sites is 1. The first-order valence-electron chi connectivity index (χ1n) is 6.01. The van der Waals surface area contributed by atoms with Gasteiger partial charge >= 0.3 is 0 Å². The van der Waals surface area contributed by atoms with Crippen LogP contribution in [0, 0.1) is 6.92 Å². The lowest BCUT2D eigenvalue weighted by molar-refractivity contribution is 0.415. The predicted molar refractivity (Wildman–Crippen MR) is 74.6 cm³/mol. The molecule has 0 saturated carbocycles. The minimum atomic E-state index is 0.896. The van der Waals surface area contributed by atoms with Gasteiger partial charge in [0.2, 0.25) is 0 Å². The fourth-order valence-electron chi connectivity index (χ4n) is 2.38. The van der Waals surface area contributed by atoms with Crippen LogP contribution in [0.4, 0.5) is 0 Å². The van der Waals surface area contributed by atoms with Crippen molar-refractivity contribution in [3.8, 4) is 11.4 Å². The number of aromatic nitrogens is 1. The molecule has 0 amide bonds. The second-order valence-electron chi connectivity index (χ2n) is 4.38. The average Bonchev–Trinajstić information content (AvgIpc) is 2.74. The predicted octanol–water partition coefficient (Wildman–Crippen LogP) is 3.95. The maximum atomic E-state index is 5.27. The third kappa shape index (κ3) is 1.66. The molecular formula is C16H15NO. The lowest BCUT2D eigenvalue weighted by atomic mass is 10.2. The van der Waals surface area contributed by atoms with Crippen molar-refractivity contribution in [2.24, 2.45) is 0 Å². The zero-order valence-electron chi connectivity index (χ0n) is 10.6. The van der Waals surface area contributed by atoms with Crippen LogP contribution in [0.1, 0.15) is 5.69 Å². The van der Waals surface area contributed by atoms with Crippen LogP contribution in [0.2, 0.25) is 0 Å². The maximum absolute atomic E-state index is 5.27. The summed E-state index contributed by atoms with van der Waals surface area (Å²) in [7, 11) is 1.70. The molecule has 1 aromatic heterocycles. The number of ether oxygens (including phenoxy) is 1. The smallest absolute Gasteiger partial charge is 0.119 e. The Bertz CT molecular complexity index is 683. The van der Waals surface area contributed by atoms with Gasteiger partial charge in [-0.2, -0.15) is 0 Å². The van der Waals surface area contributed by atoms with Crippen LogP contribution in [-0.4, -0.2) is 11.7 Å². The summed E-state index contributed by atoms with van der Waals surface area (Å²) in [5, 5.41) is 1.20. The number of nitrogens with zero attached hydrogens (tertiary/aromatic N) is 1. The number of hydrogen-bond acceptors (Lipinski definition) is 1. The van der Waals surface area contributed by atoms with E-state index in [0.29, 0.717) is 0 Å². The van der Waals surface area contributed by atoms with E-state index in [0.717, 1.165) is 5.75 Å². The molecule has 0 radical (unpaired) electrons. The number of hydrogen-bond donors (Lipinski definition) is 0. The summed E-state index contributed by atoms with van der Waals surface area (Å²) in [4.78, 5) is 0. The Balaban J connectivity index is 2.27. The molecule has 0 aliphatic carbocycles. The number of fused-ring (bicyclic) bond motifs is 1. The van der Waals surface area contributed by atoms with Gasteiger partial charge in [-0.15, -0.1) is 0 Å². The Morgan fingerprint density at radius 1 is 0.944 bits per heavy atom. The van der Waals surface area contributed by atoms with Crippen molar-refractivity contribution in [2.75, 3.05) is 7.11 Å². The molecule has 0 aliphatic rings. The van der Waals surface area contributed by atoms with E-state index in [1.54, 1.807) is 7.11 Å². The van der Waals surface area contributed by atoms with Crippen molar-refractivity contribution in [3.05, 3.63) is 60.3 Å². The topological polar surface area (TPSA) is 14.2 Å². The molecule has 0 spiro atoms. The first kappa shape index (κ1) is 10.9. The van der Waals surface area contributed by atoms with Gasteiger partial charge in [-0.25, -0.2) is 0 Å². The molecule has 2 nitrogen and oxygen atoms in total. The van der Waals surface area contributed by atoms with Gasteiger partial charge in [0, 0.05) is 16.8 Å².